The van der Waals surface area contributed by atoms with Crippen LogP contribution in [0.5, 0.6) is 11.5 Å². The van der Waals surface area contributed by atoms with Crippen LogP contribution in [0.1, 0.15) is 34.1 Å². The molecule has 0 radical (unpaired) electrons. The first-order valence-electron chi connectivity index (χ1n) is 9.07. The molecule has 1 atom stereocenters. The number of carbonyl (C=O) groups excluding carboxylic acids is 1. The number of hydrogen-bond donors (Lipinski definition) is 1. The zero-order chi connectivity index (χ0) is 18.5. The Balaban J connectivity index is 1.55. The topological polar surface area (TPSA) is 60.7 Å². The van der Waals surface area contributed by atoms with Gasteiger partial charge in [-0.05, 0) is 48.2 Å². The number of ether oxygens (including phenoxy) is 2. The fraction of sp³-hybridized carbons (Fsp3) is 0.227. The van der Waals surface area contributed by atoms with Crippen LogP contribution in [-0.4, -0.2) is 19.1 Å². The normalized spacial score (nSPS) is 13.8. The minimum absolute atomic E-state index is 0.168. The second-order valence-electron chi connectivity index (χ2n) is 6.43. The zero-order valence-electron chi connectivity index (χ0n) is 14.9. The Morgan fingerprint density at radius 2 is 1.78 bits per heavy atom. The number of amides is 1. The lowest BCUT2D eigenvalue weighted by atomic mass is 9.98. The fourth-order valence-corrected chi connectivity index (χ4v) is 3.19. The third kappa shape index (κ3) is 4.14. The largest absolute Gasteiger partial charge is 0.486 e. The molecule has 138 valence electrons. The van der Waals surface area contributed by atoms with Crippen molar-refractivity contribution in [3.8, 4) is 11.5 Å². The Hall–Kier alpha value is -3.21. The molecule has 3 aromatic rings. The van der Waals surface area contributed by atoms with E-state index in [0.29, 0.717) is 19.0 Å². The number of carbonyl (C=O) groups is 1. The highest BCUT2D eigenvalue weighted by molar-refractivity contribution is 5.91. The van der Waals surface area contributed by atoms with Gasteiger partial charge in [0.1, 0.15) is 13.2 Å². The lowest BCUT2D eigenvalue weighted by Crippen LogP contribution is -2.29. The van der Waals surface area contributed by atoms with E-state index in [1.54, 1.807) is 12.1 Å². The first kappa shape index (κ1) is 17.2. The van der Waals surface area contributed by atoms with Crippen molar-refractivity contribution in [2.24, 2.45) is 0 Å². The highest BCUT2D eigenvalue weighted by atomic mass is 16.6. The van der Waals surface area contributed by atoms with Gasteiger partial charge in [-0.25, -0.2) is 0 Å². The van der Waals surface area contributed by atoms with E-state index in [1.165, 1.54) is 11.8 Å². The van der Waals surface area contributed by atoms with E-state index in [0.717, 1.165) is 29.9 Å². The van der Waals surface area contributed by atoms with E-state index in [9.17, 15) is 4.79 Å². The summed E-state index contributed by atoms with van der Waals surface area (Å²) >= 11 is 0. The summed E-state index contributed by atoms with van der Waals surface area (Å²) in [6.45, 7) is 1.09. The minimum Gasteiger partial charge on any atom is -0.486 e. The summed E-state index contributed by atoms with van der Waals surface area (Å²) in [5, 5.41) is 3.08. The maximum atomic E-state index is 12.5. The molecule has 0 spiro atoms. The van der Waals surface area contributed by atoms with Crippen LogP contribution in [0.25, 0.3) is 0 Å². The lowest BCUT2D eigenvalue weighted by Gasteiger charge is -2.23. The standard InChI is InChI=1S/C22H21NO4/c24-22(20-7-4-12-25-20)23-18(10-8-16-5-2-1-3-6-16)17-9-11-19-21(15-17)27-14-13-26-19/h1-7,9,11-12,15,18H,8,10,13-14H2,(H,23,24). The van der Waals surface area contributed by atoms with Crippen molar-refractivity contribution in [2.45, 2.75) is 18.9 Å². The molecule has 0 saturated carbocycles. The van der Waals surface area contributed by atoms with Crippen LogP contribution < -0.4 is 14.8 Å². The highest BCUT2D eigenvalue weighted by Gasteiger charge is 2.20. The summed E-state index contributed by atoms with van der Waals surface area (Å²) < 4.78 is 16.5. The van der Waals surface area contributed by atoms with Crippen molar-refractivity contribution in [2.75, 3.05) is 13.2 Å². The van der Waals surface area contributed by atoms with E-state index in [2.05, 4.69) is 17.4 Å². The first-order valence-corrected chi connectivity index (χ1v) is 9.07. The smallest absolute Gasteiger partial charge is 0.287 e. The monoisotopic (exact) mass is 363 g/mol. The Morgan fingerprint density at radius 1 is 0.963 bits per heavy atom. The van der Waals surface area contributed by atoms with Crippen LogP contribution in [-0.2, 0) is 6.42 Å². The first-order chi connectivity index (χ1) is 13.3. The van der Waals surface area contributed by atoms with Gasteiger partial charge in [0.25, 0.3) is 5.91 Å². The summed E-state index contributed by atoms with van der Waals surface area (Å²) in [4.78, 5) is 12.5. The van der Waals surface area contributed by atoms with Crippen molar-refractivity contribution in [1.82, 2.24) is 5.32 Å². The third-order valence-electron chi connectivity index (χ3n) is 4.58. The van der Waals surface area contributed by atoms with Crippen molar-refractivity contribution in [1.29, 1.82) is 0 Å². The van der Waals surface area contributed by atoms with Gasteiger partial charge in [0.2, 0.25) is 0 Å². The average molecular weight is 363 g/mol. The molecular weight excluding hydrogens is 342 g/mol. The Kier molecular flexibility index (Phi) is 5.10. The van der Waals surface area contributed by atoms with Gasteiger partial charge in [-0.1, -0.05) is 36.4 Å². The molecule has 0 fully saturated rings. The predicted octanol–water partition coefficient (Wildman–Crippen LogP) is 4.15. The summed E-state index contributed by atoms with van der Waals surface area (Å²) in [7, 11) is 0. The molecule has 2 heterocycles. The van der Waals surface area contributed by atoms with E-state index in [-0.39, 0.29) is 11.9 Å². The van der Waals surface area contributed by atoms with Crippen LogP contribution in [0.15, 0.2) is 71.3 Å². The van der Waals surface area contributed by atoms with E-state index < -0.39 is 0 Å². The second kappa shape index (κ2) is 7.99. The average Bonchev–Trinajstić information content (AvgIpc) is 3.26. The third-order valence-corrected chi connectivity index (χ3v) is 4.58. The maximum absolute atomic E-state index is 12.5. The van der Waals surface area contributed by atoms with E-state index >= 15 is 0 Å². The molecule has 5 nitrogen and oxygen atoms in total. The predicted molar refractivity (Wildman–Crippen MR) is 101 cm³/mol. The Labute approximate surface area is 157 Å². The number of nitrogens with one attached hydrogen (secondary N) is 1. The molecular formula is C22H21NO4. The van der Waals surface area contributed by atoms with Crippen molar-refractivity contribution < 1.29 is 18.7 Å². The van der Waals surface area contributed by atoms with Crippen molar-refractivity contribution in [3.63, 3.8) is 0 Å². The molecule has 1 aromatic heterocycles. The van der Waals surface area contributed by atoms with Gasteiger partial charge in [-0.2, -0.15) is 0 Å². The zero-order valence-corrected chi connectivity index (χ0v) is 14.9. The van der Waals surface area contributed by atoms with Crippen molar-refractivity contribution >= 4 is 5.91 Å². The molecule has 27 heavy (non-hydrogen) atoms. The summed E-state index contributed by atoms with van der Waals surface area (Å²) in [6, 6.07) is 19.3. The van der Waals surface area contributed by atoms with Crippen LogP contribution in [0.4, 0.5) is 0 Å². The van der Waals surface area contributed by atoms with Gasteiger partial charge in [0.05, 0.1) is 12.3 Å². The minimum atomic E-state index is -0.229. The summed E-state index contributed by atoms with van der Waals surface area (Å²) in [6.07, 6.45) is 3.10. The quantitative estimate of drug-likeness (QED) is 0.715. The van der Waals surface area contributed by atoms with Gasteiger partial charge in [0, 0.05) is 0 Å². The molecule has 1 unspecified atom stereocenters. The second-order valence-corrected chi connectivity index (χ2v) is 6.43. The SMILES string of the molecule is O=C(NC(CCc1ccccc1)c1ccc2c(c1)OCCO2)c1ccco1. The fourth-order valence-electron chi connectivity index (χ4n) is 3.19. The van der Waals surface area contributed by atoms with Gasteiger partial charge in [-0.15, -0.1) is 0 Å². The van der Waals surface area contributed by atoms with Gasteiger partial charge in [0.15, 0.2) is 17.3 Å². The highest BCUT2D eigenvalue weighted by Crippen LogP contribution is 2.33. The number of furan rings is 1. The number of hydrogen-bond acceptors (Lipinski definition) is 4. The molecule has 0 bridgehead atoms. The van der Waals surface area contributed by atoms with Crippen LogP contribution >= 0.6 is 0 Å². The maximum Gasteiger partial charge on any atom is 0.287 e. The van der Waals surface area contributed by atoms with E-state index in [4.69, 9.17) is 13.9 Å². The molecule has 5 heteroatoms. The summed E-state index contributed by atoms with van der Waals surface area (Å²) in [5.74, 6) is 1.53. The Morgan fingerprint density at radius 3 is 2.56 bits per heavy atom. The molecule has 0 saturated heterocycles. The molecule has 1 aliphatic rings. The van der Waals surface area contributed by atoms with Gasteiger partial charge in [-0.3, -0.25) is 4.79 Å². The molecule has 0 aliphatic carbocycles. The lowest BCUT2D eigenvalue weighted by molar-refractivity contribution is 0.0906. The number of aryl methyl sites for hydroxylation is 1. The van der Waals surface area contributed by atoms with Crippen LogP contribution in [0.3, 0.4) is 0 Å². The molecule has 1 N–H and O–H groups in total. The molecule has 4 rings (SSSR count). The van der Waals surface area contributed by atoms with Gasteiger partial charge >= 0.3 is 0 Å². The Bertz CT molecular complexity index is 890. The van der Waals surface area contributed by atoms with Gasteiger partial charge < -0.3 is 19.2 Å². The molecule has 2 aromatic carbocycles. The number of benzene rings is 2. The van der Waals surface area contributed by atoms with Crippen molar-refractivity contribution in [3.05, 3.63) is 83.8 Å². The molecule has 1 amide bonds. The van der Waals surface area contributed by atoms with E-state index in [1.807, 2.05) is 36.4 Å². The number of rotatable bonds is 6. The van der Waals surface area contributed by atoms with Crippen LogP contribution in [0.2, 0.25) is 0 Å². The molecule has 1 aliphatic heterocycles. The summed E-state index contributed by atoms with van der Waals surface area (Å²) in [5.41, 5.74) is 2.21. The van der Waals surface area contributed by atoms with Crippen LogP contribution in [0, 0.1) is 0 Å². The number of fused-ring (bicyclic) bond motifs is 1.